The first kappa shape index (κ1) is 30.3. The topological polar surface area (TPSA) is 131 Å². The number of sulfonamides is 1. The number of furan rings is 1. The van der Waals surface area contributed by atoms with Crippen molar-refractivity contribution in [2.75, 3.05) is 0 Å². The van der Waals surface area contributed by atoms with Gasteiger partial charge in [-0.05, 0) is 24.6 Å². The van der Waals surface area contributed by atoms with E-state index in [-0.39, 0.29) is 16.8 Å². The minimum absolute atomic E-state index is 0.141. The second kappa shape index (κ2) is 10.8. The summed E-state index contributed by atoms with van der Waals surface area (Å²) in [6.07, 6.45) is -7.57. The lowest BCUT2D eigenvalue weighted by Crippen LogP contribution is -2.48. The predicted octanol–water partition coefficient (Wildman–Crippen LogP) is 4.52. The van der Waals surface area contributed by atoms with Gasteiger partial charge >= 0.3 is 12.4 Å². The van der Waals surface area contributed by atoms with E-state index in [1.165, 1.54) is 25.4 Å². The lowest BCUT2D eigenvalue weighted by atomic mass is 10.1. The molecule has 5 rings (SSSR count). The maximum atomic E-state index is 14.8. The van der Waals surface area contributed by atoms with Gasteiger partial charge in [-0.2, -0.15) is 30.6 Å². The molecule has 18 heteroatoms. The van der Waals surface area contributed by atoms with Gasteiger partial charge in [0.1, 0.15) is 17.8 Å². The molecule has 1 aliphatic rings. The number of pyridine rings is 2. The molecule has 4 aromatic rings. The van der Waals surface area contributed by atoms with E-state index in [2.05, 4.69) is 25.3 Å². The number of carbonyl (C=O) groups is 1. The molecule has 0 radical (unpaired) electrons. The van der Waals surface area contributed by atoms with Crippen LogP contribution in [-0.2, 0) is 33.7 Å². The molecule has 228 valence electrons. The SMILES string of the molecule is C[C@H]1[C@H](F)C[C@@H](C(=O)NCc2cc(-c3cnc(C(F)(F)F)nc3)ncc2C(F)(F)F)N1S(=O)(=O)c1cc2cnccc2o1. The van der Waals surface area contributed by atoms with Crippen molar-refractivity contribution in [1.29, 1.82) is 0 Å². The fourth-order valence-corrected chi connectivity index (χ4v) is 6.39. The van der Waals surface area contributed by atoms with Gasteiger partial charge in [-0.25, -0.2) is 22.8 Å². The highest BCUT2D eigenvalue weighted by molar-refractivity contribution is 7.89. The average molecular weight is 633 g/mol. The van der Waals surface area contributed by atoms with E-state index < -0.39 is 81.5 Å². The number of hydrogen-bond acceptors (Lipinski definition) is 8. The monoisotopic (exact) mass is 632 g/mol. The molecule has 0 saturated carbocycles. The first-order chi connectivity index (χ1) is 20.1. The van der Waals surface area contributed by atoms with Gasteiger partial charge in [0.05, 0.1) is 17.3 Å². The molecule has 0 bridgehead atoms. The minimum Gasteiger partial charge on any atom is -0.443 e. The van der Waals surface area contributed by atoms with Crippen molar-refractivity contribution in [1.82, 2.24) is 29.6 Å². The van der Waals surface area contributed by atoms with Gasteiger partial charge < -0.3 is 9.73 Å². The van der Waals surface area contributed by atoms with Crippen molar-refractivity contribution in [3.8, 4) is 11.3 Å². The average Bonchev–Trinajstić information content (AvgIpc) is 3.52. The summed E-state index contributed by atoms with van der Waals surface area (Å²) in [5.74, 6) is -2.55. The van der Waals surface area contributed by atoms with Gasteiger partial charge in [0.25, 0.3) is 10.0 Å². The Hall–Kier alpha value is -4.19. The van der Waals surface area contributed by atoms with Crippen LogP contribution in [0.1, 0.15) is 30.3 Å². The van der Waals surface area contributed by atoms with Crippen molar-refractivity contribution >= 4 is 26.9 Å². The summed E-state index contributed by atoms with van der Waals surface area (Å²) in [6, 6.07) is 0.484. The van der Waals surface area contributed by atoms with Gasteiger partial charge in [-0.15, -0.1) is 0 Å². The Bertz CT molecular complexity index is 1740. The highest BCUT2D eigenvalue weighted by Gasteiger charge is 2.50. The molecular weight excluding hydrogens is 613 g/mol. The van der Waals surface area contributed by atoms with Crippen LogP contribution in [-0.4, -0.2) is 56.8 Å². The number of aromatic nitrogens is 4. The second-order valence-electron chi connectivity index (χ2n) is 9.56. The molecule has 5 heterocycles. The minimum atomic E-state index is -4.94. The van der Waals surface area contributed by atoms with Gasteiger partial charge in [0.2, 0.25) is 16.8 Å². The number of hydrogen-bond donors (Lipinski definition) is 1. The van der Waals surface area contributed by atoms with Crippen molar-refractivity contribution in [3.63, 3.8) is 0 Å². The van der Waals surface area contributed by atoms with Crippen molar-refractivity contribution in [2.45, 2.75) is 55.6 Å². The van der Waals surface area contributed by atoms with Crippen LogP contribution < -0.4 is 5.32 Å². The molecule has 0 aromatic carbocycles. The molecule has 1 aliphatic heterocycles. The molecular formula is C25H19F7N6O4S. The highest BCUT2D eigenvalue weighted by Crippen LogP contribution is 2.36. The first-order valence-corrected chi connectivity index (χ1v) is 13.8. The third kappa shape index (κ3) is 5.88. The van der Waals surface area contributed by atoms with Crippen LogP contribution in [0.3, 0.4) is 0 Å². The van der Waals surface area contributed by atoms with E-state index in [4.69, 9.17) is 4.42 Å². The number of rotatable bonds is 6. The Morgan fingerprint density at radius 3 is 2.37 bits per heavy atom. The quantitative estimate of drug-likeness (QED) is 0.307. The molecule has 1 fully saturated rings. The smallest absolute Gasteiger partial charge is 0.443 e. The summed E-state index contributed by atoms with van der Waals surface area (Å²) in [7, 11) is -4.59. The van der Waals surface area contributed by atoms with Crippen LogP contribution in [0.25, 0.3) is 22.2 Å². The Morgan fingerprint density at radius 1 is 1.05 bits per heavy atom. The number of amides is 1. The van der Waals surface area contributed by atoms with Crippen LogP contribution in [0.15, 0.2) is 58.7 Å². The maximum Gasteiger partial charge on any atom is 0.451 e. The van der Waals surface area contributed by atoms with Gasteiger partial charge in [0, 0.05) is 61.0 Å². The summed E-state index contributed by atoms with van der Waals surface area (Å²) in [4.78, 5) is 27.0. The number of fused-ring (bicyclic) bond motifs is 1. The zero-order chi connectivity index (χ0) is 31.3. The number of nitrogens with one attached hydrogen (secondary N) is 1. The first-order valence-electron chi connectivity index (χ1n) is 12.3. The van der Waals surface area contributed by atoms with E-state index in [9.17, 15) is 43.9 Å². The van der Waals surface area contributed by atoms with E-state index in [1.807, 2.05) is 0 Å². The molecule has 0 aliphatic carbocycles. The Balaban J connectivity index is 1.41. The molecule has 4 aromatic heterocycles. The lowest BCUT2D eigenvalue weighted by Gasteiger charge is -2.25. The second-order valence-corrected chi connectivity index (χ2v) is 11.3. The van der Waals surface area contributed by atoms with Crippen molar-refractivity contribution < 1.29 is 48.4 Å². The fourth-order valence-electron chi connectivity index (χ4n) is 4.62. The Kier molecular flexibility index (Phi) is 7.62. The maximum absolute atomic E-state index is 14.8. The Labute approximate surface area is 238 Å². The molecule has 1 amide bonds. The van der Waals surface area contributed by atoms with E-state index in [0.29, 0.717) is 15.9 Å². The number of alkyl halides is 7. The summed E-state index contributed by atoms with van der Waals surface area (Å²) in [6.45, 7) is 0.430. The predicted molar refractivity (Wildman–Crippen MR) is 133 cm³/mol. The molecule has 0 spiro atoms. The molecule has 10 nitrogen and oxygen atoms in total. The molecule has 43 heavy (non-hydrogen) atoms. The number of carbonyl (C=O) groups excluding carboxylic acids is 1. The standard InChI is InChI=1S/C25H19F7N6O4S/c1-12-17(26)6-19(38(12)43(40,41)21-5-14-7-33-3-2-20(14)42-21)22(39)35-8-13-4-18(34-11-16(13)24(27,28)29)15-9-36-23(37-10-15)25(30,31)32/h2-5,7,9-12,17,19H,6,8H2,1H3,(H,35,39)/t12-,17+,19-/m0/s1. The van der Waals surface area contributed by atoms with Crippen LogP contribution in [0, 0.1) is 0 Å². The number of nitrogens with zero attached hydrogens (tertiary/aromatic N) is 5. The highest BCUT2D eigenvalue weighted by atomic mass is 32.2. The number of halogens is 7. The van der Waals surface area contributed by atoms with Gasteiger partial charge in [0.15, 0.2) is 0 Å². The Morgan fingerprint density at radius 2 is 1.74 bits per heavy atom. The van der Waals surface area contributed by atoms with Crippen LogP contribution >= 0.6 is 0 Å². The van der Waals surface area contributed by atoms with Gasteiger partial charge in [-0.3, -0.25) is 14.8 Å². The molecule has 0 unspecified atom stereocenters. The molecule has 1 saturated heterocycles. The van der Waals surface area contributed by atoms with Crippen molar-refractivity contribution in [2.24, 2.45) is 0 Å². The van der Waals surface area contributed by atoms with E-state index in [1.54, 1.807) is 0 Å². The zero-order valence-electron chi connectivity index (χ0n) is 21.7. The lowest BCUT2D eigenvalue weighted by molar-refractivity contribution is -0.145. The fraction of sp³-hybridized carbons (Fsp3) is 0.320. The van der Waals surface area contributed by atoms with E-state index >= 15 is 0 Å². The summed E-state index contributed by atoms with van der Waals surface area (Å²) in [5, 5.41) is 1.98. The third-order valence-corrected chi connectivity index (χ3v) is 8.61. The molecule has 1 N–H and O–H groups in total. The van der Waals surface area contributed by atoms with Crippen LogP contribution in [0.4, 0.5) is 30.7 Å². The summed E-state index contributed by atoms with van der Waals surface area (Å²) in [5.41, 5.74) is -2.02. The van der Waals surface area contributed by atoms with Crippen LogP contribution in [0.2, 0.25) is 0 Å². The van der Waals surface area contributed by atoms with E-state index in [0.717, 1.165) is 24.5 Å². The third-order valence-electron chi connectivity index (χ3n) is 6.76. The van der Waals surface area contributed by atoms with Gasteiger partial charge in [-0.1, -0.05) is 0 Å². The van der Waals surface area contributed by atoms with Crippen LogP contribution in [0.5, 0.6) is 0 Å². The summed E-state index contributed by atoms with van der Waals surface area (Å²) < 4.78 is 127. The largest absolute Gasteiger partial charge is 0.451 e. The normalized spacial score (nSPS) is 20.0. The zero-order valence-corrected chi connectivity index (χ0v) is 22.5. The van der Waals surface area contributed by atoms with Crippen molar-refractivity contribution in [3.05, 3.63) is 66.1 Å². The molecule has 3 atom stereocenters. The summed E-state index contributed by atoms with van der Waals surface area (Å²) >= 11 is 0.